The van der Waals surface area contributed by atoms with Crippen molar-refractivity contribution in [2.45, 2.75) is 0 Å². The number of methoxy groups -OCH3 is 1. The molecule has 0 saturated heterocycles. The Morgan fingerprint density at radius 1 is 0.917 bits per heavy atom. The maximum absolute atomic E-state index is 12.4. The highest BCUT2D eigenvalue weighted by molar-refractivity contribution is 6.05. The fourth-order valence-corrected chi connectivity index (χ4v) is 2.46. The lowest BCUT2D eigenvalue weighted by Gasteiger charge is -2.11. The molecule has 0 fully saturated rings. The number of rotatable bonds is 4. The Morgan fingerprint density at radius 3 is 2.25 bits per heavy atom. The van der Waals surface area contributed by atoms with E-state index in [9.17, 15) is 4.79 Å². The van der Waals surface area contributed by atoms with E-state index in [1.54, 1.807) is 37.4 Å². The van der Waals surface area contributed by atoms with E-state index in [4.69, 9.17) is 10.5 Å². The lowest BCUT2D eigenvalue weighted by Crippen LogP contribution is -2.12. The first-order valence-electron chi connectivity index (χ1n) is 7.58. The molecule has 24 heavy (non-hydrogen) atoms. The molecule has 4 nitrogen and oxygen atoms in total. The first-order chi connectivity index (χ1) is 11.7. The van der Waals surface area contributed by atoms with Crippen molar-refractivity contribution in [3.63, 3.8) is 0 Å². The Balaban J connectivity index is 1.80. The lowest BCUT2D eigenvalue weighted by molar-refractivity contribution is 0.102. The highest BCUT2D eigenvalue weighted by Crippen LogP contribution is 2.27. The molecule has 3 rings (SSSR count). The second-order valence-corrected chi connectivity index (χ2v) is 5.36. The van der Waals surface area contributed by atoms with E-state index in [2.05, 4.69) is 5.32 Å². The number of anilines is 2. The SMILES string of the molecule is COc1ccc(N)cc1NC(=O)c1ccc(-c2ccccc2)cc1. The summed E-state index contributed by atoms with van der Waals surface area (Å²) < 4.78 is 5.24. The molecule has 4 heteroatoms. The summed E-state index contributed by atoms with van der Waals surface area (Å²) in [6.07, 6.45) is 0. The van der Waals surface area contributed by atoms with Crippen LogP contribution in [0.5, 0.6) is 5.75 Å². The van der Waals surface area contributed by atoms with Crippen LogP contribution in [0.3, 0.4) is 0 Å². The van der Waals surface area contributed by atoms with Gasteiger partial charge in [-0.1, -0.05) is 42.5 Å². The van der Waals surface area contributed by atoms with Gasteiger partial charge in [0.2, 0.25) is 0 Å². The number of nitrogens with one attached hydrogen (secondary N) is 1. The number of nitrogens with two attached hydrogens (primary N) is 1. The number of nitrogen functional groups attached to an aromatic ring is 1. The first kappa shape index (κ1) is 15.6. The zero-order valence-corrected chi connectivity index (χ0v) is 13.3. The molecular formula is C20H18N2O2. The van der Waals surface area contributed by atoms with Gasteiger partial charge < -0.3 is 15.8 Å². The predicted octanol–water partition coefficient (Wildman–Crippen LogP) is 4.20. The predicted molar refractivity (Wildman–Crippen MR) is 97.2 cm³/mol. The topological polar surface area (TPSA) is 64.3 Å². The molecular weight excluding hydrogens is 300 g/mol. The zero-order chi connectivity index (χ0) is 16.9. The molecule has 0 saturated carbocycles. The quantitative estimate of drug-likeness (QED) is 0.709. The van der Waals surface area contributed by atoms with Crippen LogP contribution in [-0.2, 0) is 0 Å². The molecule has 0 bridgehead atoms. The zero-order valence-electron chi connectivity index (χ0n) is 13.3. The van der Waals surface area contributed by atoms with Crippen LogP contribution < -0.4 is 15.8 Å². The minimum atomic E-state index is -0.210. The van der Waals surface area contributed by atoms with Crippen LogP contribution in [-0.4, -0.2) is 13.0 Å². The smallest absolute Gasteiger partial charge is 0.255 e. The highest BCUT2D eigenvalue weighted by Gasteiger charge is 2.10. The number of benzene rings is 3. The second-order valence-electron chi connectivity index (χ2n) is 5.36. The average molecular weight is 318 g/mol. The molecule has 1 amide bonds. The van der Waals surface area contributed by atoms with Crippen LogP contribution >= 0.6 is 0 Å². The summed E-state index contributed by atoms with van der Waals surface area (Å²) in [6.45, 7) is 0. The number of hydrogen-bond acceptors (Lipinski definition) is 3. The van der Waals surface area contributed by atoms with Crippen LogP contribution in [0.1, 0.15) is 10.4 Å². The van der Waals surface area contributed by atoms with Gasteiger partial charge >= 0.3 is 0 Å². The fourth-order valence-electron chi connectivity index (χ4n) is 2.46. The third-order valence-corrected chi connectivity index (χ3v) is 3.73. The van der Waals surface area contributed by atoms with Gasteiger partial charge in [-0.3, -0.25) is 4.79 Å². The summed E-state index contributed by atoms with van der Waals surface area (Å²) >= 11 is 0. The van der Waals surface area contributed by atoms with Crippen LogP contribution in [0.25, 0.3) is 11.1 Å². The third-order valence-electron chi connectivity index (χ3n) is 3.73. The Morgan fingerprint density at radius 2 is 1.58 bits per heavy atom. The minimum Gasteiger partial charge on any atom is -0.495 e. The summed E-state index contributed by atoms with van der Waals surface area (Å²) in [7, 11) is 1.55. The summed E-state index contributed by atoms with van der Waals surface area (Å²) in [5.41, 5.74) is 9.63. The maximum atomic E-state index is 12.4. The minimum absolute atomic E-state index is 0.210. The lowest BCUT2D eigenvalue weighted by atomic mass is 10.0. The molecule has 3 N–H and O–H groups in total. The maximum Gasteiger partial charge on any atom is 0.255 e. The van der Waals surface area contributed by atoms with E-state index in [1.807, 2.05) is 42.5 Å². The highest BCUT2D eigenvalue weighted by atomic mass is 16.5. The molecule has 0 aromatic heterocycles. The number of carbonyl (C=O) groups excluding carboxylic acids is 1. The van der Waals surface area contributed by atoms with Crippen molar-refractivity contribution in [1.29, 1.82) is 0 Å². The number of amides is 1. The summed E-state index contributed by atoms with van der Waals surface area (Å²) in [5.74, 6) is 0.358. The Kier molecular flexibility index (Phi) is 4.47. The van der Waals surface area contributed by atoms with Gasteiger partial charge in [0.05, 0.1) is 12.8 Å². The Bertz CT molecular complexity index is 843. The molecule has 0 aliphatic rings. The molecule has 0 aliphatic heterocycles. The van der Waals surface area contributed by atoms with Crippen LogP contribution in [0.15, 0.2) is 72.8 Å². The van der Waals surface area contributed by atoms with Gasteiger partial charge in [-0.15, -0.1) is 0 Å². The van der Waals surface area contributed by atoms with Gasteiger partial charge in [0.1, 0.15) is 5.75 Å². The van der Waals surface area contributed by atoms with Crippen molar-refractivity contribution in [2.24, 2.45) is 0 Å². The molecule has 3 aromatic carbocycles. The number of hydrogen-bond donors (Lipinski definition) is 2. The second kappa shape index (κ2) is 6.87. The van der Waals surface area contributed by atoms with Crippen LogP contribution in [0.4, 0.5) is 11.4 Å². The molecule has 0 heterocycles. The van der Waals surface area contributed by atoms with Gasteiger partial charge in [-0.2, -0.15) is 0 Å². The normalized spacial score (nSPS) is 10.2. The van der Waals surface area contributed by atoms with E-state index in [0.717, 1.165) is 11.1 Å². The van der Waals surface area contributed by atoms with E-state index in [-0.39, 0.29) is 5.91 Å². The van der Waals surface area contributed by atoms with Crippen LogP contribution in [0.2, 0.25) is 0 Å². The Hall–Kier alpha value is -3.27. The number of ether oxygens (including phenoxy) is 1. The molecule has 120 valence electrons. The summed E-state index contributed by atoms with van der Waals surface area (Å²) in [6, 6.07) is 22.6. The van der Waals surface area contributed by atoms with Crippen molar-refractivity contribution in [1.82, 2.24) is 0 Å². The van der Waals surface area contributed by atoms with Crippen molar-refractivity contribution < 1.29 is 9.53 Å². The van der Waals surface area contributed by atoms with Gasteiger partial charge in [0.15, 0.2) is 0 Å². The van der Waals surface area contributed by atoms with E-state index in [1.165, 1.54) is 0 Å². The standard InChI is InChI=1S/C20H18N2O2/c1-24-19-12-11-17(21)13-18(19)22-20(23)16-9-7-15(8-10-16)14-5-3-2-4-6-14/h2-13H,21H2,1H3,(H,22,23). The van der Waals surface area contributed by atoms with E-state index < -0.39 is 0 Å². The van der Waals surface area contributed by atoms with Crippen molar-refractivity contribution in [3.05, 3.63) is 78.4 Å². The van der Waals surface area contributed by atoms with E-state index in [0.29, 0.717) is 22.7 Å². The molecule has 0 aliphatic carbocycles. The van der Waals surface area contributed by atoms with Gasteiger partial charge in [-0.25, -0.2) is 0 Å². The van der Waals surface area contributed by atoms with Gasteiger partial charge in [0.25, 0.3) is 5.91 Å². The molecule has 0 unspecified atom stereocenters. The Labute approximate surface area is 140 Å². The van der Waals surface area contributed by atoms with Crippen molar-refractivity contribution >= 4 is 17.3 Å². The third kappa shape index (κ3) is 3.38. The number of carbonyl (C=O) groups is 1. The first-order valence-corrected chi connectivity index (χ1v) is 7.58. The fraction of sp³-hybridized carbons (Fsp3) is 0.0500. The summed E-state index contributed by atoms with van der Waals surface area (Å²) in [4.78, 5) is 12.4. The van der Waals surface area contributed by atoms with E-state index >= 15 is 0 Å². The molecule has 0 radical (unpaired) electrons. The molecule has 0 atom stereocenters. The van der Waals surface area contributed by atoms with Crippen molar-refractivity contribution in [3.8, 4) is 16.9 Å². The summed E-state index contributed by atoms with van der Waals surface area (Å²) in [5, 5.41) is 2.83. The monoisotopic (exact) mass is 318 g/mol. The van der Waals surface area contributed by atoms with Crippen molar-refractivity contribution in [2.75, 3.05) is 18.2 Å². The van der Waals surface area contributed by atoms with Gasteiger partial charge in [-0.05, 0) is 41.5 Å². The van der Waals surface area contributed by atoms with Crippen LogP contribution in [0, 0.1) is 0 Å². The average Bonchev–Trinajstić information content (AvgIpc) is 2.63. The molecule has 0 spiro atoms. The van der Waals surface area contributed by atoms with Gasteiger partial charge in [0, 0.05) is 11.3 Å². The largest absolute Gasteiger partial charge is 0.495 e. The molecule has 3 aromatic rings.